The van der Waals surface area contributed by atoms with E-state index >= 15 is 0 Å². The summed E-state index contributed by atoms with van der Waals surface area (Å²) in [6.45, 7) is 5.35. The molecule has 13 heavy (non-hydrogen) atoms. The molecule has 0 aliphatic carbocycles. The van der Waals surface area contributed by atoms with E-state index in [1.165, 1.54) is 6.92 Å². The van der Waals surface area contributed by atoms with Gasteiger partial charge in [0.2, 0.25) is 5.88 Å². The maximum atomic E-state index is 11.1. The van der Waals surface area contributed by atoms with E-state index < -0.39 is 0 Å². The molecular weight excluding hydrogens is 168 g/mol. The molecule has 0 amide bonds. The van der Waals surface area contributed by atoms with Crippen LogP contribution in [0.2, 0.25) is 0 Å². The second-order valence-electron chi connectivity index (χ2n) is 2.68. The highest BCUT2D eigenvalue weighted by atomic mass is 16.5. The van der Waals surface area contributed by atoms with E-state index in [1.54, 1.807) is 24.0 Å². The van der Waals surface area contributed by atoms with Crippen LogP contribution in [-0.4, -0.2) is 22.2 Å². The molecule has 0 saturated carbocycles. The number of rotatable bonds is 4. The normalized spacial score (nSPS) is 9.69. The monoisotopic (exact) mass is 180 g/mol. The number of nitrogens with zero attached hydrogens (tertiary/aromatic N) is 2. The second kappa shape index (κ2) is 3.89. The van der Waals surface area contributed by atoms with E-state index in [-0.39, 0.29) is 5.78 Å². The molecule has 1 aromatic rings. The Bertz CT molecular complexity index is 328. The first-order chi connectivity index (χ1) is 6.15. The minimum Gasteiger partial charge on any atom is -0.472 e. The zero-order valence-corrected chi connectivity index (χ0v) is 7.78. The zero-order valence-electron chi connectivity index (χ0n) is 7.78. The number of Topliss-reactive ketones (excluding diaryl/α,β-unsaturated/α-hetero) is 1. The van der Waals surface area contributed by atoms with Crippen molar-refractivity contribution in [3.05, 3.63) is 24.4 Å². The summed E-state index contributed by atoms with van der Waals surface area (Å²) in [5, 5.41) is 4.00. The van der Waals surface area contributed by atoms with Crippen LogP contribution in [-0.2, 0) is 7.05 Å². The van der Waals surface area contributed by atoms with E-state index in [1.807, 2.05) is 0 Å². The van der Waals surface area contributed by atoms with Crippen LogP contribution in [0.1, 0.15) is 17.3 Å². The minimum atomic E-state index is -0.0489. The van der Waals surface area contributed by atoms with Gasteiger partial charge in [-0.3, -0.25) is 9.48 Å². The molecule has 1 aromatic heterocycles. The molecule has 0 saturated heterocycles. The first-order valence-corrected chi connectivity index (χ1v) is 3.93. The molecule has 0 radical (unpaired) electrons. The molecule has 70 valence electrons. The predicted molar refractivity (Wildman–Crippen MR) is 48.9 cm³/mol. The molecule has 1 heterocycles. The molecule has 0 spiro atoms. The molecule has 0 fully saturated rings. The molecular formula is C9H12N2O2. The molecule has 0 atom stereocenters. The van der Waals surface area contributed by atoms with Crippen LogP contribution in [0.3, 0.4) is 0 Å². The van der Waals surface area contributed by atoms with Gasteiger partial charge in [-0.1, -0.05) is 12.7 Å². The number of ketones is 1. The predicted octanol–water partition coefficient (Wildman–Crippen LogP) is 1.19. The SMILES string of the molecule is C=CCOc1nn(C)cc1C(C)=O. The van der Waals surface area contributed by atoms with Crippen molar-refractivity contribution in [2.24, 2.45) is 7.05 Å². The van der Waals surface area contributed by atoms with Gasteiger partial charge in [-0.05, 0) is 6.92 Å². The molecule has 0 aromatic carbocycles. The lowest BCUT2D eigenvalue weighted by atomic mass is 10.2. The Morgan fingerprint density at radius 2 is 2.54 bits per heavy atom. The van der Waals surface area contributed by atoms with Crippen molar-refractivity contribution >= 4 is 5.78 Å². The lowest BCUT2D eigenvalue weighted by molar-refractivity contribution is 0.101. The van der Waals surface area contributed by atoms with Crippen LogP contribution < -0.4 is 4.74 Å². The summed E-state index contributed by atoms with van der Waals surface area (Å²) in [6, 6.07) is 0. The van der Waals surface area contributed by atoms with Gasteiger partial charge < -0.3 is 4.74 Å². The molecule has 0 N–H and O–H groups in total. The van der Waals surface area contributed by atoms with Crippen LogP contribution in [0.25, 0.3) is 0 Å². The average Bonchev–Trinajstić information content (AvgIpc) is 2.43. The Morgan fingerprint density at radius 1 is 1.85 bits per heavy atom. The Balaban J connectivity index is 2.90. The zero-order chi connectivity index (χ0) is 9.84. The second-order valence-corrected chi connectivity index (χ2v) is 2.68. The smallest absolute Gasteiger partial charge is 0.244 e. The maximum Gasteiger partial charge on any atom is 0.244 e. The van der Waals surface area contributed by atoms with Gasteiger partial charge in [-0.15, -0.1) is 5.10 Å². The largest absolute Gasteiger partial charge is 0.472 e. The molecule has 0 unspecified atom stereocenters. The van der Waals surface area contributed by atoms with Crippen molar-refractivity contribution in [3.63, 3.8) is 0 Å². The molecule has 0 aliphatic heterocycles. The Labute approximate surface area is 76.8 Å². The van der Waals surface area contributed by atoms with Crippen LogP contribution in [0, 0.1) is 0 Å². The van der Waals surface area contributed by atoms with Gasteiger partial charge >= 0.3 is 0 Å². The number of aromatic nitrogens is 2. The lowest BCUT2D eigenvalue weighted by Crippen LogP contribution is -1.99. The maximum absolute atomic E-state index is 11.1. The van der Waals surface area contributed by atoms with Gasteiger partial charge in [0.1, 0.15) is 6.61 Å². The van der Waals surface area contributed by atoms with Gasteiger partial charge in [0.15, 0.2) is 5.78 Å². The Kier molecular flexibility index (Phi) is 2.84. The van der Waals surface area contributed by atoms with Crippen LogP contribution in [0.5, 0.6) is 5.88 Å². The summed E-state index contributed by atoms with van der Waals surface area (Å²) < 4.78 is 6.75. The summed E-state index contributed by atoms with van der Waals surface area (Å²) in [4.78, 5) is 11.1. The van der Waals surface area contributed by atoms with Gasteiger partial charge in [0.05, 0.1) is 5.56 Å². The van der Waals surface area contributed by atoms with Crippen molar-refractivity contribution in [2.45, 2.75) is 6.92 Å². The fourth-order valence-corrected chi connectivity index (χ4v) is 0.954. The first kappa shape index (κ1) is 9.51. The Hall–Kier alpha value is -1.58. The van der Waals surface area contributed by atoms with Crippen LogP contribution in [0.4, 0.5) is 0 Å². The summed E-state index contributed by atoms with van der Waals surface area (Å²) in [5.74, 6) is 0.321. The molecule has 1 rings (SSSR count). The fraction of sp³-hybridized carbons (Fsp3) is 0.333. The van der Waals surface area contributed by atoms with Crippen molar-refractivity contribution in [1.82, 2.24) is 9.78 Å². The highest BCUT2D eigenvalue weighted by Gasteiger charge is 2.12. The summed E-state index contributed by atoms with van der Waals surface area (Å²) >= 11 is 0. The van der Waals surface area contributed by atoms with Gasteiger partial charge in [-0.2, -0.15) is 0 Å². The Morgan fingerprint density at radius 3 is 3.08 bits per heavy atom. The molecule has 0 bridgehead atoms. The first-order valence-electron chi connectivity index (χ1n) is 3.93. The average molecular weight is 180 g/mol. The summed E-state index contributed by atoms with van der Waals surface area (Å²) in [5.41, 5.74) is 0.504. The summed E-state index contributed by atoms with van der Waals surface area (Å²) in [6.07, 6.45) is 3.25. The number of hydrogen-bond acceptors (Lipinski definition) is 3. The van der Waals surface area contributed by atoms with E-state index in [4.69, 9.17) is 4.74 Å². The third-order valence-electron chi connectivity index (χ3n) is 1.51. The van der Waals surface area contributed by atoms with E-state index in [9.17, 15) is 4.79 Å². The van der Waals surface area contributed by atoms with E-state index in [0.717, 1.165) is 0 Å². The van der Waals surface area contributed by atoms with E-state index in [2.05, 4.69) is 11.7 Å². The quantitative estimate of drug-likeness (QED) is 0.516. The standard InChI is InChI=1S/C9H12N2O2/c1-4-5-13-9-8(7(2)12)6-11(3)10-9/h4,6H,1,5H2,2-3H3. The molecule has 4 heteroatoms. The van der Waals surface area contributed by atoms with Crippen molar-refractivity contribution in [1.29, 1.82) is 0 Å². The third kappa shape index (κ3) is 2.18. The van der Waals surface area contributed by atoms with Gasteiger partial charge in [0, 0.05) is 13.2 Å². The van der Waals surface area contributed by atoms with Crippen molar-refractivity contribution in [3.8, 4) is 5.88 Å². The van der Waals surface area contributed by atoms with Gasteiger partial charge in [-0.25, -0.2) is 0 Å². The number of ether oxygens (including phenoxy) is 1. The van der Waals surface area contributed by atoms with Crippen LogP contribution in [0.15, 0.2) is 18.9 Å². The van der Waals surface area contributed by atoms with E-state index in [0.29, 0.717) is 18.1 Å². The number of carbonyl (C=O) groups excluding carboxylic acids is 1. The molecule has 0 aliphatic rings. The number of aryl methyl sites for hydroxylation is 1. The number of carbonyl (C=O) groups is 1. The number of hydrogen-bond donors (Lipinski definition) is 0. The van der Waals surface area contributed by atoms with Crippen molar-refractivity contribution < 1.29 is 9.53 Å². The highest BCUT2D eigenvalue weighted by molar-refractivity contribution is 5.96. The fourth-order valence-electron chi connectivity index (χ4n) is 0.954. The van der Waals surface area contributed by atoms with Crippen LogP contribution >= 0.6 is 0 Å². The third-order valence-corrected chi connectivity index (χ3v) is 1.51. The summed E-state index contributed by atoms with van der Waals surface area (Å²) in [7, 11) is 1.74. The van der Waals surface area contributed by atoms with Crippen molar-refractivity contribution in [2.75, 3.05) is 6.61 Å². The van der Waals surface area contributed by atoms with Gasteiger partial charge in [0.25, 0.3) is 0 Å². The molecule has 4 nitrogen and oxygen atoms in total. The minimum absolute atomic E-state index is 0.0489. The topological polar surface area (TPSA) is 44.1 Å². The highest BCUT2D eigenvalue weighted by Crippen LogP contribution is 2.15. The lowest BCUT2D eigenvalue weighted by Gasteiger charge is -1.98.